The average Bonchev–Trinajstić information content (AvgIpc) is 2.83. The Kier molecular flexibility index (Phi) is 6.06. The molecule has 0 bridgehead atoms. The summed E-state index contributed by atoms with van der Waals surface area (Å²) in [4.78, 5) is 17.4. The first-order chi connectivity index (χ1) is 15.2. The summed E-state index contributed by atoms with van der Waals surface area (Å²) in [6.07, 6.45) is 3.54. The van der Waals surface area contributed by atoms with Gasteiger partial charge in [-0.15, -0.1) is 0 Å². The molecule has 0 spiro atoms. The van der Waals surface area contributed by atoms with E-state index in [1.54, 1.807) is 36.2 Å². The number of hydrogen-bond donors (Lipinski definition) is 1. The zero-order valence-corrected chi connectivity index (χ0v) is 17.2. The van der Waals surface area contributed by atoms with Gasteiger partial charge in [-0.2, -0.15) is 5.26 Å². The van der Waals surface area contributed by atoms with Crippen molar-refractivity contribution in [3.8, 4) is 22.9 Å². The van der Waals surface area contributed by atoms with E-state index in [2.05, 4.69) is 16.4 Å². The maximum absolute atomic E-state index is 13.3. The first-order valence-corrected chi connectivity index (χ1v) is 10.0. The molecule has 0 aliphatic rings. The van der Waals surface area contributed by atoms with Crippen LogP contribution in [0, 0.1) is 11.3 Å². The molecule has 0 saturated carbocycles. The van der Waals surface area contributed by atoms with Crippen LogP contribution in [0.1, 0.15) is 11.3 Å². The predicted molar refractivity (Wildman–Crippen MR) is 121 cm³/mol. The molecule has 0 aliphatic carbocycles. The van der Waals surface area contributed by atoms with Gasteiger partial charge in [0, 0.05) is 48.4 Å². The molecule has 1 N–H and O–H groups in total. The number of nitrogens with zero attached hydrogens (tertiary/aromatic N) is 3. The highest BCUT2D eigenvalue weighted by molar-refractivity contribution is 5.99. The summed E-state index contributed by atoms with van der Waals surface area (Å²) in [6.45, 7) is 1.56. The molecule has 0 saturated heterocycles. The Morgan fingerprint density at radius 3 is 2.65 bits per heavy atom. The van der Waals surface area contributed by atoms with Gasteiger partial charge in [-0.1, -0.05) is 36.4 Å². The fourth-order valence-corrected chi connectivity index (χ4v) is 3.71. The number of benzene rings is 2. The van der Waals surface area contributed by atoms with Crippen molar-refractivity contribution in [3.05, 3.63) is 94.7 Å². The molecule has 0 amide bonds. The normalized spacial score (nSPS) is 10.7. The SMILES string of the molecule is COc1ccc2c(=O)n(CCNCc3cccnc3)c(C#N)c(-c3ccccc3)c2c1. The van der Waals surface area contributed by atoms with Gasteiger partial charge in [0.15, 0.2) is 0 Å². The van der Waals surface area contributed by atoms with E-state index in [1.807, 2.05) is 48.5 Å². The van der Waals surface area contributed by atoms with Gasteiger partial charge < -0.3 is 10.1 Å². The molecule has 4 aromatic rings. The lowest BCUT2D eigenvalue weighted by Crippen LogP contribution is -2.29. The molecule has 2 aromatic carbocycles. The number of nitriles is 1. The van der Waals surface area contributed by atoms with Crippen molar-refractivity contribution in [1.29, 1.82) is 5.26 Å². The molecule has 6 nitrogen and oxygen atoms in total. The summed E-state index contributed by atoms with van der Waals surface area (Å²) in [5.74, 6) is 0.642. The predicted octanol–water partition coefficient (Wildman–Crippen LogP) is 3.73. The quantitative estimate of drug-likeness (QED) is 0.470. The first-order valence-electron chi connectivity index (χ1n) is 10.0. The lowest BCUT2D eigenvalue weighted by molar-refractivity contribution is 0.415. The second kappa shape index (κ2) is 9.24. The summed E-state index contributed by atoms with van der Waals surface area (Å²) in [6, 6.07) is 21.2. The van der Waals surface area contributed by atoms with E-state index in [1.165, 1.54) is 0 Å². The van der Waals surface area contributed by atoms with Gasteiger partial charge in [0.2, 0.25) is 0 Å². The van der Waals surface area contributed by atoms with Crippen LogP contribution in [0.3, 0.4) is 0 Å². The highest BCUT2D eigenvalue weighted by Crippen LogP contribution is 2.32. The monoisotopic (exact) mass is 410 g/mol. The second-order valence-electron chi connectivity index (χ2n) is 7.11. The van der Waals surface area contributed by atoms with Crippen LogP contribution in [0.25, 0.3) is 21.9 Å². The third-order valence-electron chi connectivity index (χ3n) is 5.21. The molecule has 0 atom stereocenters. The number of ether oxygens (including phenoxy) is 1. The zero-order chi connectivity index (χ0) is 21.6. The highest BCUT2D eigenvalue weighted by Gasteiger charge is 2.18. The van der Waals surface area contributed by atoms with Gasteiger partial charge in [-0.25, -0.2) is 0 Å². The van der Waals surface area contributed by atoms with E-state index in [-0.39, 0.29) is 5.56 Å². The Bertz CT molecular complexity index is 1290. The maximum atomic E-state index is 13.3. The second-order valence-corrected chi connectivity index (χ2v) is 7.11. The smallest absolute Gasteiger partial charge is 0.259 e. The van der Waals surface area contributed by atoms with Crippen molar-refractivity contribution in [1.82, 2.24) is 14.9 Å². The van der Waals surface area contributed by atoms with Gasteiger partial charge >= 0.3 is 0 Å². The van der Waals surface area contributed by atoms with Crippen molar-refractivity contribution in [3.63, 3.8) is 0 Å². The minimum Gasteiger partial charge on any atom is -0.497 e. The van der Waals surface area contributed by atoms with E-state index < -0.39 is 0 Å². The van der Waals surface area contributed by atoms with Crippen molar-refractivity contribution in [2.75, 3.05) is 13.7 Å². The Labute approximate surface area is 180 Å². The van der Waals surface area contributed by atoms with Crippen LogP contribution in [-0.2, 0) is 13.1 Å². The number of pyridine rings is 2. The molecule has 4 rings (SSSR count). The molecule has 2 aromatic heterocycles. The number of nitrogens with one attached hydrogen (secondary N) is 1. The van der Waals surface area contributed by atoms with Crippen LogP contribution in [0.5, 0.6) is 5.75 Å². The Balaban J connectivity index is 1.77. The summed E-state index contributed by atoms with van der Waals surface area (Å²) >= 11 is 0. The molecule has 0 unspecified atom stereocenters. The summed E-state index contributed by atoms with van der Waals surface area (Å²) < 4.78 is 6.93. The molecule has 6 heteroatoms. The van der Waals surface area contributed by atoms with E-state index in [0.717, 1.165) is 16.7 Å². The summed E-state index contributed by atoms with van der Waals surface area (Å²) in [5.41, 5.74) is 2.85. The minimum absolute atomic E-state index is 0.183. The molecule has 0 radical (unpaired) electrons. The highest BCUT2D eigenvalue weighted by atomic mass is 16.5. The fourth-order valence-electron chi connectivity index (χ4n) is 3.71. The van der Waals surface area contributed by atoms with Crippen molar-refractivity contribution in [2.24, 2.45) is 0 Å². The largest absolute Gasteiger partial charge is 0.497 e. The number of aromatic nitrogens is 2. The minimum atomic E-state index is -0.183. The lowest BCUT2D eigenvalue weighted by Gasteiger charge is -2.17. The van der Waals surface area contributed by atoms with E-state index in [0.29, 0.717) is 41.9 Å². The van der Waals surface area contributed by atoms with Crippen molar-refractivity contribution >= 4 is 10.8 Å². The molecular weight excluding hydrogens is 388 g/mol. The van der Waals surface area contributed by atoms with Gasteiger partial charge in [0.1, 0.15) is 17.5 Å². The van der Waals surface area contributed by atoms with E-state index in [9.17, 15) is 10.1 Å². The van der Waals surface area contributed by atoms with Gasteiger partial charge in [-0.3, -0.25) is 14.3 Å². The number of hydrogen-bond acceptors (Lipinski definition) is 5. The fraction of sp³-hybridized carbons (Fsp3) is 0.160. The number of methoxy groups -OCH3 is 1. The lowest BCUT2D eigenvalue weighted by atomic mass is 9.97. The van der Waals surface area contributed by atoms with Crippen LogP contribution in [0.2, 0.25) is 0 Å². The van der Waals surface area contributed by atoms with E-state index in [4.69, 9.17) is 4.74 Å². The van der Waals surface area contributed by atoms with Crippen molar-refractivity contribution in [2.45, 2.75) is 13.1 Å². The molecule has 31 heavy (non-hydrogen) atoms. The molecule has 154 valence electrons. The summed E-state index contributed by atoms with van der Waals surface area (Å²) in [7, 11) is 1.59. The number of rotatable bonds is 7. The maximum Gasteiger partial charge on any atom is 0.259 e. The Hall–Kier alpha value is -3.95. The molecule has 2 heterocycles. The van der Waals surface area contributed by atoms with Crippen molar-refractivity contribution < 1.29 is 4.74 Å². The zero-order valence-electron chi connectivity index (χ0n) is 17.2. The van der Waals surface area contributed by atoms with Crippen LogP contribution < -0.4 is 15.6 Å². The van der Waals surface area contributed by atoms with Crippen LogP contribution in [0.4, 0.5) is 0 Å². The Morgan fingerprint density at radius 1 is 1.10 bits per heavy atom. The molecular formula is C25H22N4O2. The third kappa shape index (κ3) is 4.18. The van der Waals surface area contributed by atoms with Crippen LogP contribution in [-0.4, -0.2) is 23.2 Å². The standard InChI is InChI=1S/C25H22N4O2/c1-31-20-9-10-21-22(14-20)24(19-7-3-2-4-8-19)23(15-26)29(25(21)30)13-12-28-17-18-6-5-11-27-16-18/h2-11,14,16,28H,12-13,17H2,1H3. The van der Waals surface area contributed by atoms with Crippen LogP contribution in [0.15, 0.2) is 77.9 Å². The van der Waals surface area contributed by atoms with Gasteiger partial charge in [0.25, 0.3) is 5.56 Å². The van der Waals surface area contributed by atoms with Crippen LogP contribution >= 0.6 is 0 Å². The topological polar surface area (TPSA) is 79.9 Å². The third-order valence-corrected chi connectivity index (χ3v) is 5.21. The average molecular weight is 410 g/mol. The van der Waals surface area contributed by atoms with Gasteiger partial charge in [-0.05, 0) is 35.4 Å². The number of fused-ring (bicyclic) bond motifs is 1. The first kappa shape index (κ1) is 20.3. The summed E-state index contributed by atoms with van der Waals surface area (Å²) in [5, 5.41) is 14.6. The molecule has 0 fully saturated rings. The molecule has 0 aliphatic heterocycles. The Morgan fingerprint density at radius 2 is 1.94 bits per heavy atom. The van der Waals surface area contributed by atoms with E-state index >= 15 is 0 Å². The van der Waals surface area contributed by atoms with Gasteiger partial charge in [0.05, 0.1) is 7.11 Å².